The van der Waals surface area contributed by atoms with Gasteiger partial charge in [0.15, 0.2) is 11.4 Å². The van der Waals surface area contributed by atoms with E-state index >= 15 is 0 Å². The fourth-order valence-electron chi connectivity index (χ4n) is 3.73. The van der Waals surface area contributed by atoms with Crippen LogP contribution in [0.2, 0.25) is 0 Å². The normalized spacial score (nSPS) is 17.5. The average molecular weight is 420 g/mol. The number of rotatable bonds is 6. The van der Waals surface area contributed by atoms with Gasteiger partial charge in [0.25, 0.3) is 11.6 Å². The molecule has 0 bridgehead atoms. The van der Waals surface area contributed by atoms with E-state index in [-0.39, 0.29) is 23.4 Å². The Labute approximate surface area is 176 Å². The molecule has 1 atom stereocenters. The van der Waals surface area contributed by atoms with Gasteiger partial charge in [0.2, 0.25) is 0 Å². The number of nitrogens with zero attached hydrogens (tertiary/aromatic N) is 2. The van der Waals surface area contributed by atoms with E-state index in [9.17, 15) is 29.2 Å². The molecule has 4 rings (SSSR count). The Morgan fingerprint density at radius 3 is 2.48 bits per heavy atom. The average Bonchev–Trinajstić information content (AvgIpc) is 2.97. The Morgan fingerprint density at radius 1 is 1.06 bits per heavy atom. The summed E-state index contributed by atoms with van der Waals surface area (Å²) in [6.07, 6.45) is -0.566. The summed E-state index contributed by atoms with van der Waals surface area (Å²) in [5.41, 5.74) is -0.956. The maximum atomic E-state index is 13.2. The number of anilines is 1. The van der Waals surface area contributed by atoms with E-state index in [2.05, 4.69) is 0 Å². The van der Waals surface area contributed by atoms with Crippen LogP contribution in [0.4, 0.5) is 15.8 Å². The number of para-hydroxylation sites is 1. The van der Waals surface area contributed by atoms with Crippen molar-refractivity contribution in [1.82, 2.24) is 0 Å². The third-order valence-corrected chi connectivity index (χ3v) is 5.29. The third-order valence-electron chi connectivity index (χ3n) is 5.29. The van der Waals surface area contributed by atoms with Crippen LogP contribution in [0, 0.1) is 15.9 Å². The molecule has 1 heterocycles. The minimum absolute atomic E-state index is 0.0323. The Balaban J connectivity index is 1.66. The Bertz CT molecular complexity index is 1190. The number of hydrogen-bond acceptors (Lipinski definition) is 5. The van der Waals surface area contributed by atoms with Crippen molar-refractivity contribution in [2.24, 2.45) is 0 Å². The monoisotopic (exact) mass is 420 g/mol. The molecular formula is C23H17FN2O5. The number of halogens is 1. The summed E-state index contributed by atoms with van der Waals surface area (Å²) in [6, 6.07) is 17.4. The number of nitro groups is 1. The van der Waals surface area contributed by atoms with Crippen molar-refractivity contribution in [3.63, 3.8) is 0 Å². The highest BCUT2D eigenvalue weighted by Crippen LogP contribution is 2.43. The zero-order valence-electron chi connectivity index (χ0n) is 16.2. The Hall–Kier alpha value is -3.91. The first-order valence-corrected chi connectivity index (χ1v) is 9.45. The second-order valence-corrected chi connectivity index (χ2v) is 7.30. The van der Waals surface area contributed by atoms with Crippen LogP contribution < -0.4 is 4.90 Å². The summed E-state index contributed by atoms with van der Waals surface area (Å²) in [4.78, 5) is 37.8. The molecule has 1 aliphatic rings. The topological polar surface area (TPSA) is 101 Å². The maximum absolute atomic E-state index is 13.2. The van der Waals surface area contributed by atoms with Gasteiger partial charge in [0.1, 0.15) is 5.82 Å². The fourth-order valence-corrected chi connectivity index (χ4v) is 3.73. The highest BCUT2D eigenvalue weighted by Gasteiger charge is 2.50. The summed E-state index contributed by atoms with van der Waals surface area (Å²) >= 11 is 0. The van der Waals surface area contributed by atoms with Crippen molar-refractivity contribution in [2.75, 3.05) is 4.90 Å². The van der Waals surface area contributed by atoms with Crippen LogP contribution in [-0.4, -0.2) is 21.7 Å². The Kier molecular flexibility index (Phi) is 5.08. The highest BCUT2D eigenvalue weighted by atomic mass is 19.1. The second kappa shape index (κ2) is 7.73. The molecule has 0 aromatic heterocycles. The number of non-ortho nitro benzene ring substituents is 1. The van der Waals surface area contributed by atoms with Crippen molar-refractivity contribution < 1.29 is 24.0 Å². The molecule has 0 unspecified atom stereocenters. The van der Waals surface area contributed by atoms with E-state index in [0.29, 0.717) is 11.3 Å². The van der Waals surface area contributed by atoms with Gasteiger partial charge in [-0.25, -0.2) is 4.39 Å². The van der Waals surface area contributed by atoms with Crippen LogP contribution in [-0.2, 0) is 16.9 Å². The predicted molar refractivity (Wildman–Crippen MR) is 110 cm³/mol. The fraction of sp³-hybridized carbons (Fsp3) is 0.130. The SMILES string of the molecule is O=C(C[C@]1(O)C(=O)N(Cc2ccc(F)cc2)c2ccccc21)c1cccc([N+](=O)[O-])c1. The van der Waals surface area contributed by atoms with Gasteiger partial charge in [-0.15, -0.1) is 0 Å². The molecule has 1 aliphatic heterocycles. The molecule has 0 radical (unpaired) electrons. The van der Waals surface area contributed by atoms with Crippen LogP contribution in [0.3, 0.4) is 0 Å². The lowest BCUT2D eigenvalue weighted by atomic mass is 9.88. The minimum atomic E-state index is -2.11. The van der Waals surface area contributed by atoms with E-state index < -0.39 is 34.5 Å². The van der Waals surface area contributed by atoms with Crippen LogP contribution in [0.1, 0.15) is 27.9 Å². The van der Waals surface area contributed by atoms with Crippen LogP contribution >= 0.6 is 0 Å². The first-order valence-electron chi connectivity index (χ1n) is 9.45. The van der Waals surface area contributed by atoms with E-state index in [4.69, 9.17) is 0 Å². The van der Waals surface area contributed by atoms with Gasteiger partial charge in [-0.1, -0.05) is 42.5 Å². The molecule has 0 aliphatic carbocycles. The zero-order valence-corrected chi connectivity index (χ0v) is 16.2. The number of carbonyl (C=O) groups is 2. The van der Waals surface area contributed by atoms with Gasteiger partial charge >= 0.3 is 0 Å². The van der Waals surface area contributed by atoms with Gasteiger partial charge in [0.05, 0.1) is 23.6 Å². The quantitative estimate of drug-likeness (QED) is 0.372. The summed E-state index contributed by atoms with van der Waals surface area (Å²) < 4.78 is 13.2. The standard InChI is InChI=1S/C23H17FN2O5/c24-17-10-8-15(9-11-17)14-25-20-7-2-1-6-19(20)23(29,22(25)28)13-21(27)16-4-3-5-18(12-16)26(30)31/h1-12,29H,13-14H2/t23-/m1/s1. The molecule has 0 saturated carbocycles. The molecule has 7 nitrogen and oxygen atoms in total. The van der Waals surface area contributed by atoms with Crippen LogP contribution in [0.15, 0.2) is 72.8 Å². The molecule has 8 heteroatoms. The first kappa shape index (κ1) is 20.4. The summed E-state index contributed by atoms with van der Waals surface area (Å²) in [6.45, 7) is 0.0867. The summed E-state index contributed by atoms with van der Waals surface area (Å²) in [5.74, 6) is -1.69. The number of Topliss-reactive ketones (excluding diaryl/α,β-unsaturated/α-hetero) is 1. The number of aliphatic hydroxyl groups is 1. The lowest BCUT2D eigenvalue weighted by molar-refractivity contribution is -0.384. The highest BCUT2D eigenvalue weighted by molar-refractivity contribution is 6.10. The second-order valence-electron chi connectivity index (χ2n) is 7.30. The lowest BCUT2D eigenvalue weighted by Crippen LogP contribution is -2.41. The molecule has 3 aromatic carbocycles. The van der Waals surface area contributed by atoms with Crippen molar-refractivity contribution in [2.45, 2.75) is 18.6 Å². The smallest absolute Gasteiger partial charge is 0.270 e. The van der Waals surface area contributed by atoms with Gasteiger partial charge < -0.3 is 10.0 Å². The lowest BCUT2D eigenvalue weighted by Gasteiger charge is -2.23. The number of amides is 1. The predicted octanol–water partition coefficient (Wildman–Crippen LogP) is 3.74. The minimum Gasteiger partial charge on any atom is -0.375 e. The van der Waals surface area contributed by atoms with Crippen molar-refractivity contribution >= 4 is 23.1 Å². The number of fused-ring (bicyclic) bond motifs is 1. The van der Waals surface area contributed by atoms with E-state index in [1.807, 2.05) is 0 Å². The third kappa shape index (κ3) is 3.69. The summed E-state index contributed by atoms with van der Waals surface area (Å²) in [5, 5.41) is 22.3. The maximum Gasteiger partial charge on any atom is 0.270 e. The van der Waals surface area contributed by atoms with E-state index in [1.165, 1.54) is 47.4 Å². The van der Waals surface area contributed by atoms with E-state index in [0.717, 1.165) is 6.07 Å². The summed E-state index contributed by atoms with van der Waals surface area (Å²) in [7, 11) is 0. The van der Waals surface area contributed by atoms with Gasteiger partial charge in [-0.3, -0.25) is 19.7 Å². The van der Waals surface area contributed by atoms with Crippen LogP contribution in [0.5, 0.6) is 0 Å². The van der Waals surface area contributed by atoms with Gasteiger partial charge in [-0.2, -0.15) is 0 Å². The number of ketones is 1. The molecule has 31 heavy (non-hydrogen) atoms. The number of carbonyl (C=O) groups excluding carboxylic acids is 2. The molecule has 156 valence electrons. The van der Waals surface area contributed by atoms with Crippen molar-refractivity contribution in [3.05, 3.63) is 105 Å². The molecular weight excluding hydrogens is 403 g/mol. The molecule has 1 N–H and O–H groups in total. The zero-order chi connectivity index (χ0) is 22.2. The molecule has 3 aromatic rings. The molecule has 0 spiro atoms. The van der Waals surface area contributed by atoms with Crippen molar-refractivity contribution in [1.29, 1.82) is 0 Å². The van der Waals surface area contributed by atoms with Crippen LogP contribution in [0.25, 0.3) is 0 Å². The molecule has 1 amide bonds. The number of benzene rings is 3. The van der Waals surface area contributed by atoms with Gasteiger partial charge in [-0.05, 0) is 23.8 Å². The van der Waals surface area contributed by atoms with E-state index in [1.54, 1.807) is 24.3 Å². The molecule has 0 fully saturated rings. The Morgan fingerprint density at radius 2 is 1.77 bits per heavy atom. The number of hydrogen-bond donors (Lipinski definition) is 1. The first-order chi connectivity index (χ1) is 14.8. The van der Waals surface area contributed by atoms with Gasteiger partial charge in [0, 0.05) is 23.3 Å². The molecule has 0 saturated heterocycles. The largest absolute Gasteiger partial charge is 0.375 e. The van der Waals surface area contributed by atoms with Crippen molar-refractivity contribution in [3.8, 4) is 0 Å². The number of nitro benzene ring substituents is 1.